The molecule has 0 atom stereocenters. The van der Waals surface area contributed by atoms with Crippen molar-refractivity contribution in [1.82, 2.24) is 18.6 Å². The number of ketones is 2. The molecule has 0 amide bonds. The quantitative estimate of drug-likeness (QED) is 0.0511. The van der Waals surface area contributed by atoms with Crippen LogP contribution >= 0.6 is 0 Å². The summed E-state index contributed by atoms with van der Waals surface area (Å²) < 4.78 is 64.5. The van der Waals surface area contributed by atoms with Gasteiger partial charge in [-0.05, 0) is 73.5 Å². The number of benzene rings is 4. The zero-order valence-corrected chi connectivity index (χ0v) is 36.1. The fourth-order valence-electron chi connectivity index (χ4n) is 6.77. The maximum absolute atomic E-state index is 14.1. The summed E-state index contributed by atoms with van der Waals surface area (Å²) in [6.07, 6.45) is 8.15. The van der Waals surface area contributed by atoms with E-state index >= 15 is 0 Å². The molecule has 4 N–H and O–H groups in total. The van der Waals surface area contributed by atoms with Gasteiger partial charge in [-0.2, -0.15) is 0 Å². The highest BCUT2D eigenvalue weighted by atomic mass is 32.2. The Hall–Kier alpha value is -6.74. The van der Waals surface area contributed by atoms with Gasteiger partial charge in [-0.15, -0.1) is 0 Å². The Kier molecular flexibility index (Phi) is 12.9. The number of sulfonamides is 2. The number of hydrogen-bond acceptors (Lipinski definition) is 12. The highest BCUT2D eigenvalue weighted by molar-refractivity contribution is 7.89. The number of rotatable bonds is 18. The van der Waals surface area contributed by atoms with Crippen LogP contribution in [0.1, 0.15) is 44.7 Å². The summed E-state index contributed by atoms with van der Waals surface area (Å²) in [5, 5.41) is 23.3. The van der Waals surface area contributed by atoms with Crippen LogP contribution in [-0.4, -0.2) is 63.7 Å². The number of nitrogens with one attached hydrogen (secondary N) is 4. The Morgan fingerprint density at radius 1 is 0.532 bits per heavy atom. The zero-order valence-electron chi connectivity index (χ0n) is 34.5. The lowest BCUT2D eigenvalue weighted by Crippen LogP contribution is -2.27. The van der Waals surface area contributed by atoms with Crippen LogP contribution in [-0.2, 0) is 48.2 Å². The molecule has 0 bridgehead atoms. The Bertz CT molecular complexity index is 2690. The van der Waals surface area contributed by atoms with Gasteiger partial charge in [0.25, 0.3) is 0 Å². The molecule has 1 aliphatic rings. The van der Waals surface area contributed by atoms with Crippen LogP contribution in [0.2, 0.25) is 0 Å². The molecule has 1 aliphatic carbocycles. The molecule has 320 valence electrons. The van der Waals surface area contributed by atoms with Gasteiger partial charge in [0, 0.05) is 58.9 Å². The third-order valence-electron chi connectivity index (χ3n) is 10.1. The van der Waals surface area contributed by atoms with E-state index in [0.29, 0.717) is 60.6 Å². The molecule has 0 unspecified atom stereocenters. The van der Waals surface area contributed by atoms with Crippen molar-refractivity contribution >= 4 is 66.3 Å². The fourth-order valence-corrected chi connectivity index (χ4v) is 8.92. The number of nitrogens with zero attached hydrogens (tertiary/aromatic N) is 8. The van der Waals surface area contributed by atoms with E-state index in [4.69, 9.17) is 0 Å². The molecule has 0 aliphatic heterocycles. The number of fused-ring (bicyclic) bond motifs is 2. The summed E-state index contributed by atoms with van der Waals surface area (Å²) in [4.78, 5) is 28.0. The molecule has 18 nitrogen and oxygen atoms in total. The van der Waals surface area contributed by atoms with Crippen molar-refractivity contribution in [3.05, 3.63) is 132 Å². The SMILES string of the molecule is Cn1cc[n+](C)c1N=Nc1ccc(S(=O)(=O)NCCCNc2cccc3c2C(=O)c2c(NCCCNS(=O)(=O)c4ccc(N=Nc5n(C)cc[n+]5C)cc4)cccc2C3=O)cc1. The number of aryl methyl sites for hydroxylation is 4. The van der Waals surface area contributed by atoms with E-state index in [9.17, 15) is 26.4 Å². The zero-order chi connectivity index (χ0) is 44.0. The van der Waals surface area contributed by atoms with Crippen molar-refractivity contribution in [2.45, 2.75) is 22.6 Å². The van der Waals surface area contributed by atoms with Crippen molar-refractivity contribution in [2.24, 2.45) is 48.6 Å². The molecule has 0 fully saturated rings. The molecule has 62 heavy (non-hydrogen) atoms. The second-order valence-corrected chi connectivity index (χ2v) is 18.0. The summed E-state index contributed by atoms with van der Waals surface area (Å²) in [6.45, 7) is 0.842. The first kappa shape index (κ1) is 43.4. The summed E-state index contributed by atoms with van der Waals surface area (Å²) in [5.41, 5.74) is 2.89. The second kappa shape index (κ2) is 18.5. The number of aromatic nitrogens is 4. The minimum absolute atomic E-state index is 0.0825. The normalized spacial score (nSPS) is 12.9. The molecule has 4 aromatic carbocycles. The topological polar surface area (TPSA) is 218 Å². The lowest BCUT2D eigenvalue weighted by Gasteiger charge is -2.23. The van der Waals surface area contributed by atoms with Crippen LogP contribution in [0.3, 0.4) is 0 Å². The van der Waals surface area contributed by atoms with Crippen LogP contribution < -0.4 is 29.2 Å². The van der Waals surface area contributed by atoms with E-state index in [1.54, 1.807) is 60.7 Å². The Morgan fingerprint density at radius 3 is 1.31 bits per heavy atom. The van der Waals surface area contributed by atoms with E-state index in [0.717, 1.165) is 0 Å². The molecule has 0 spiro atoms. The Balaban J connectivity index is 0.908. The highest BCUT2D eigenvalue weighted by Gasteiger charge is 2.33. The Labute approximate surface area is 359 Å². The molecule has 7 rings (SSSR count). The van der Waals surface area contributed by atoms with Gasteiger partial charge in [-0.3, -0.25) is 9.59 Å². The molecule has 0 radical (unpaired) electrons. The summed E-state index contributed by atoms with van der Waals surface area (Å²) in [5.74, 6) is 0.610. The van der Waals surface area contributed by atoms with E-state index in [1.807, 2.05) is 71.2 Å². The second-order valence-electron chi connectivity index (χ2n) is 14.5. The van der Waals surface area contributed by atoms with E-state index in [2.05, 4.69) is 40.5 Å². The average Bonchev–Trinajstić information content (AvgIpc) is 3.77. The number of hydrogen-bond donors (Lipinski definition) is 4. The first-order valence-electron chi connectivity index (χ1n) is 19.6. The largest absolute Gasteiger partial charge is 0.421 e. The number of azo groups is 2. The number of carbonyl (C=O) groups is 2. The molecular formula is C42H46N12O6S2+2. The first-order valence-corrected chi connectivity index (χ1v) is 22.6. The summed E-state index contributed by atoms with van der Waals surface area (Å²) >= 11 is 0. The van der Waals surface area contributed by atoms with Crippen LogP contribution in [0.15, 0.2) is 140 Å². The van der Waals surface area contributed by atoms with Crippen molar-refractivity contribution in [1.29, 1.82) is 0 Å². The fraction of sp³-hybridized carbons (Fsp3) is 0.238. The van der Waals surface area contributed by atoms with E-state index < -0.39 is 20.0 Å². The first-order chi connectivity index (χ1) is 29.7. The minimum atomic E-state index is -3.81. The van der Waals surface area contributed by atoms with E-state index in [1.165, 1.54) is 24.3 Å². The van der Waals surface area contributed by atoms with Crippen LogP contribution in [0.5, 0.6) is 0 Å². The lowest BCUT2D eigenvalue weighted by atomic mass is 9.82. The summed E-state index contributed by atoms with van der Waals surface area (Å²) in [7, 11) is -0.228. The maximum atomic E-state index is 14.1. The van der Waals surface area contributed by atoms with Crippen molar-refractivity contribution < 1.29 is 35.6 Å². The third kappa shape index (κ3) is 9.57. The number of carbonyl (C=O) groups excluding carboxylic acids is 2. The predicted octanol–water partition coefficient (Wildman–Crippen LogP) is 5.18. The van der Waals surface area contributed by atoms with Gasteiger partial charge in [-0.1, -0.05) is 34.5 Å². The molecule has 20 heteroatoms. The van der Waals surface area contributed by atoms with Gasteiger partial charge in [0.2, 0.25) is 20.0 Å². The number of imidazole rings is 2. The predicted molar refractivity (Wildman–Crippen MR) is 231 cm³/mol. The smallest absolute Gasteiger partial charge is 0.384 e. The van der Waals surface area contributed by atoms with Gasteiger partial charge in [0.1, 0.15) is 11.4 Å². The maximum Gasteiger partial charge on any atom is 0.421 e. The Morgan fingerprint density at radius 2 is 0.935 bits per heavy atom. The minimum Gasteiger partial charge on any atom is -0.384 e. The van der Waals surface area contributed by atoms with Crippen LogP contribution in [0.4, 0.5) is 34.6 Å². The molecule has 2 heterocycles. The van der Waals surface area contributed by atoms with E-state index in [-0.39, 0.29) is 56.7 Å². The average molecular weight is 879 g/mol. The third-order valence-corrected chi connectivity index (χ3v) is 13.0. The van der Waals surface area contributed by atoms with Gasteiger partial charge < -0.3 is 10.6 Å². The molecule has 6 aromatic rings. The molecule has 0 saturated carbocycles. The summed E-state index contributed by atoms with van der Waals surface area (Å²) in [6, 6.07) is 22.2. The van der Waals surface area contributed by atoms with Gasteiger partial charge >= 0.3 is 11.9 Å². The molecule has 0 saturated heterocycles. The van der Waals surface area contributed by atoms with Gasteiger partial charge in [-0.25, -0.2) is 44.5 Å². The van der Waals surface area contributed by atoms with Crippen molar-refractivity contribution in [2.75, 3.05) is 36.8 Å². The van der Waals surface area contributed by atoms with Crippen molar-refractivity contribution in [3.8, 4) is 0 Å². The number of anilines is 2. The lowest BCUT2D eigenvalue weighted by molar-refractivity contribution is -0.657. The van der Waals surface area contributed by atoms with Gasteiger partial charge in [0.15, 0.2) is 11.6 Å². The van der Waals surface area contributed by atoms with Crippen molar-refractivity contribution in [3.63, 3.8) is 0 Å². The molecular weight excluding hydrogens is 833 g/mol. The van der Waals surface area contributed by atoms with Crippen LogP contribution in [0.25, 0.3) is 0 Å². The highest BCUT2D eigenvalue weighted by Crippen LogP contribution is 2.35. The standard InChI is InChI=1S/C42H45N12O6S2/c1-51-25-26-52(2)41(51)49-47-29-13-17-31(18-14-29)61(57,58)45-23-7-21-43-35-11-5-9-33-37(35)40(56)38-34(39(33)55)10-6-12-36(38)44-22-8-24-46-62(59,60)32-19-15-30(16-20-32)48-50-42-53(3)27-28-54(42)4/h5-6,9-20,25-28,45-46H,7-8,21-24H2,1-4H3,(H-,43,44,56)/q+1/p+1. The monoisotopic (exact) mass is 878 g/mol. The molecule has 2 aromatic heterocycles. The van der Waals surface area contributed by atoms with Gasteiger partial charge in [0.05, 0.1) is 73.9 Å². The van der Waals surface area contributed by atoms with Crippen LogP contribution in [0, 0.1) is 0 Å².